The lowest BCUT2D eigenvalue weighted by atomic mass is 10.1. The van der Waals surface area contributed by atoms with E-state index < -0.39 is 0 Å². The number of aryl methyl sites for hydroxylation is 1. The van der Waals surface area contributed by atoms with Crippen LogP contribution in [0.25, 0.3) is 0 Å². The predicted octanol–water partition coefficient (Wildman–Crippen LogP) is 4.72. The second-order valence-electron chi connectivity index (χ2n) is 7.59. The van der Waals surface area contributed by atoms with Crippen molar-refractivity contribution in [1.82, 2.24) is 20.1 Å². The van der Waals surface area contributed by atoms with Crippen LogP contribution in [0.2, 0.25) is 0 Å². The van der Waals surface area contributed by atoms with Gasteiger partial charge in [-0.1, -0.05) is 45.9 Å². The molecule has 9 heteroatoms. The zero-order valence-corrected chi connectivity index (χ0v) is 21.1. The first kappa shape index (κ1) is 24.0. The maximum absolute atomic E-state index is 12.6. The van der Waals surface area contributed by atoms with Crippen LogP contribution >= 0.6 is 27.7 Å². The summed E-state index contributed by atoms with van der Waals surface area (Å²) in [5.41, 5.74) is 4.45. The minimum absolute atomic E-state index is 0.120. The first-order valence-electron chi connectivity index (χ1n) is 10.1. The van der Waals surface area contributed by atoms with Crippen LogP contribution in [-0.2, 0) is 11.8 Å². The Labute approximate surface area is 200 Å². The molecule has 0 fully saturated rings. The van der Waals surface area contributed by atoms with E-state index in [1.54, 1.807) is 10.6 Å². The number of benzene rings is 2. The molecule has 1 heterocycles. The number of nitrogens with zero attached hydrogens (tertiary/aromatic N) is 3. The van der Waals surface area contributed by atoms with Gasteiger partial charge in [0.2, 0.25) is 5.91 Å². The van der Waals surface area contributed by atoms with Crippen LogP contribution in [-0.4, -0.2) is 32.3 Å². The highest BCUT2D eigenvalue weighted by Crippen LogP contribution is 2.26. The van der Waals surface area contributed by atoms with Gasteiger partial charge in [0, 0.05) is 22.8 Å². The first-order valence-corrected chi connectivity index (χ1v) is 11.9. The van der Waals surface area contributed by atoms with Gasteiger partial charge in [-0.05, 0) is 62.6 Å². The van der Waals surface area contributed by atoms with Crippen molar-refractivity contribution in [2.45, 2.75) is 38.9 Å². The Bertz CT molecular complexity index is 1160. The fraction of sp³-hybridized carbons (Fsp3) is 0.304. The lowest BCUT2D eigenvalue weighted by molar-refractivity contribution is -0.113. The van der Waals surface area contributed by atoms with Crippen molar-refractivity contribution in [2.75, 3.05) is 11.1 Å². The largest absolute Gasteiger partial charge is 0.342 e. The van der Waals surface area contributed by atoms with Crippen LogP contribution in [0, 0.1) is 20.8 Å². The third kappa shape index (κ3) is 5.39. The number of aromatic nitrogens is 3. The van der Waals surface area contributed by atoms with Crippen molar-refractivity contribution in [3.63, 3.8) is 0 Å². The highest BCUT2D eigenvalue weighted by atomic mass is 79.9. The Kier molecular flexibility index (Phi) is 7.73. The maximum Gasteiger partial charge on any atom is 0.252 e. The summed E-state index contributed by atoms with van der Waals surface area (Å²) >= 11 is 4.80. The number of carbonyl (C=O) groups excluding carboxylic acids is 2. The van der Waals surface area contributed by atoms with Crippen LogP contribution < -0.4 is 10.6 Å². The van der Waals surface area contributed by atoms with E-state index in [9.17, 15) is 9.59 Å². The molecule has 168 valence electrons. The van der Waals surface area contributed by atoms with Gasteiger partial charge in [0.15, 0.2) is 11.0 Å². The smallest absolute Gasteiger partial charge is 0.252 e. The van der Waals surface area contributed by atoms with E-state index in [4.69, 9.17) is 0 Å². The molecule has 0 spiro atoms. The minimum atomic E-state index is -0.337. The van der Waals surface area contributed by atoms with Crippen molar-refractivity contribution >= 4 is 45.2 Å². The van der Waals surface area contributed by atoms with E-state index in [0.717, 1.165) is 26.9 Å². The third-order valence-electron chi connectivity index (χ3n) is 5.32. The molecule has 0 saturated carbocycles. The van der Waals surface area contributed by atoms with E-state index in [1.165, 1.54) is 11.8 Å². The third-order valence-corrected chi connectivity index (χ3v) is 7.20. The Balaban J connectivity index is 1.61. The summed E-state index contributed by atoms with van der Waals surface area (Å²) in [6.07, 6.45) is 0. The number of halogens is 1. The van der Waals surface area contributed by atoms with Gasteiger partial charge in [0.1, 0.15) is 0 Å². The van der Waals surface area contributed by atoms with Crippen molar-refractivity contribution in [3.05, 3.63) is 68.9 Å². The van der Waals surface area contributed by atoms with Gasteiger partial charge in [-0.2, -0.15) is 0 Å². The standard InChI is InChI=1S/C23H26BrN5O2S/c1-13-8-6-7-9-17(13)22(31)25-16(4)21-27-28-23(29(21)5)32-12-20(30)26-19-11-10-18(24)14(2)15(19)3/h6-11,16H,12H2,1-5H3,(H,25,31)(H,26,30)/t16-/m1/s1. The van der Waals surface area contributed by atoms with Gasteiger partial charge in [-0.15, -0.1) is 10.2 Å². The van der Waals surface area contributed by atoms with Crippen molar-refractivity contribution in [1.29, 1.82) is 0 Å². The van der Waals surface area contributed by atoms with Gasteiger partial charge in [0.25, 0.3) is 5.91 Å². The highest BCUT2D eigenvalue weighted by molar-refractivity contribution is 9.10. The summed E-state index contributed by atoms with van der Waals surface area (Å²) in [6, 6.07) is 10.9. The van der Waals surface area contributed by atoms with Gasteiger partial charge in [-0.3, -0.25) is 9.59 Å². The molecule has 32 heavy (non-hydrogen) atoms. The number of nitrogens with one attached hydrogen (secondary N) is 2. The van der Waals surface area contributed by atoms with Crippen LogP contribution in [0.4, 0.5) is 5.69 Å². The quantitative estimate of drug-likeness (QED) is 0.444. The molecule has 0 aliphatic heterocycles. The molecule has 0 aliphatic carbocycles. The number of hydrogen-bond donors (Lipinski definition) is 2. The normalized spacial score (nSPS) is 11.8. The summed E-state index contributed by atoms with van der Waals surface area (Å²) in [4.78, 5) is 25.1. The van der Waals surface area contributed by atoms with Gasteiger partial charge in [-0.25, -0.2) is 0 Å². The molecule has 2 amide bonds. The van der Waals surface area contributed by atoms with E-state index in [0.29, 0.717) is 16.5 Å². The number of thioether (sulfide) groups is 1. The predicted molar refractivity (Wildman–Crippen MR) is 131 cm³/mol. The summed E-state index contributed by atoms with van der Waals surface area (Å²) in [5, 5.41) is 14.9. The van der Waals surface area contributed by atoms with Gasteiger partial charge >= 0.3 is 0 Å². The SMILES string of the molecule is Cc1ccccc1C(=O)N[C@H](C)c1nnc(SCC(=O)Nc2ccc(Br)c(C)c2C)n1C. The lowest BCUT2D eigenvalue weighted by Gasteiger charge is -2.14. The zero-order chi connectivity index (χ0) is 23.4. The molecule has 0 bridgehead atoms. The molecule has 2 N–H and O–H groups in total. The van der Waals surface area contributed by atoms with E-state index >= 15 is 0 Å². The minimum Gasteiger partial charge on any atom is -0.342 e. The second-order valence-corrected chi connectivity index (χ2v) is 9.39. The van der Waals surface area contributed by atoms with Crippen molar-refractivity contribution < 1.29 is 9.59 Å². The first-order chi connectivity index (χ1) is 15.2. The number of anilines is 1. The van der Waals surface area contributed by atoms with Crippen LogP contribution in [0.1, 0.15) is 45.8 Å². The van der Waals surface area contributed by atoms with E-state index in [2.05, 4.69) is 36.8 Å². The fourth-order valence-corrected chi connectivity index (χ4v) is 4.38. The van der Waals surface area contributed by atoms with Crippen molar-refractivity contribution in [2.24, 2.45) is 7.05 Å². The highest BCUT2D eigenvalue weighted by Gasteiger charge is 2.20. The number of amides is 2. The molecule has 0 radical (unpaired) electrons. The Morgan fingerprint density at radius 1 is 1.09 bits per heavy atom. The number of hydrogen-bond acceptors (Lipinski definition) is 5. The summed E-state index contributed by atoms with van der Waals surface area (Å²) < 4.78 is 2.81. The Morgan fingerprint density at radius 3 is 2.53 bits per heavy atom. The monoisotopic (exact) mass is 515 g/mol. The number of carbonyl (C=O) groups is 2. The second kappa shape index (κ2) is 10.3. The molecule has 0 aliphatic rings. The Hall–Kier alpha value is -2.65. The summed E-state index contributed by atoms with van der Waals surface area (Å²) in [6.45, 7) is 7.74. The fourth-order valence-electron chi connectivity index (χ4n) is 3.23. The van der Waals surface area contributed by atoms with Crippen LogP contribution in [0.3, 0.4) is 0 Å². The summed E-state index contributed by atoms with van der Waals surface area (Å²) in [7, 11) is 1.83. The van der Waals surface area contributed by atoms with Crippen LogP contribution in [0.5, 0.6) is 0 Å². The molecule has 1 atom stereocenters. The number of rotatable bonds is 7. The van der Waals surface area contributed by atoms with Gasteiger partial charge < -0.3 is 15.2 Å². The molecule has 0 unspecified atom stereocenters. The molecule has 7 nitrogen and oxygen atoms in total. The lowest BCUT2D eigenvalue weighted by Crippen LogP contribution is -2.29. The molecule has 2 aromatic carbocycles. The zero-order valence-electron chi connectivity index (χ0n) is 18.7. The molecule has 1 aromatic heterocycles. The molecular weight excluding hydrogens is 490 g/mol. The van der Waals surface area contributed by atoms with E-state index in [-0.39, 0.29) is 23.6 Å². The molecule has 3 aromatic rings. The topological polar surface area (TPSA) is 88.9 Å². The summed E-state index contributed by atoms with van der Waals surface area (Å²) in [5.74, 6) is 0.539. The maximum atomic E-state index is 12.6. The van der Waals surface area contributed by atoms with E-state index in [1.807, 2.05) is 65.1 Å². The average Bonchev–Trinajstić information content (AvgIpc) is 3.13. The Morgan fingerprint density at radius 2 is 1.81 bits per heavy atom. The molecular formula is C23H26BrN5O2S. The molecule has 3 rings (SSSR count). The van der Waals surface area contributed by atoms with Crippen molar-refractivity contribution in [3.8, 4) is 0 Å². The molecule has 0 saturated heterocycles. The van der Waals surface area contributed by atoms with Crippen LogP contribution in [0.15, 0.2) is 46.0 Å². The van der Waals surface area contributed by atoms with Gasteiger partial charge in [0.05, 0.1) is 11.8 Å². The average molecular weight is 516 g/mol.